The molecule has 1 aromatic heterocycles. The van der Waals surface area contributed by atoms with Gasteiger partial charge in [0, 0.05) is 5.56 Å². The predicted molar refractivity (Wildman–Crippen MR) is 108 cm³/mol. The minimum atomic E-state index is -0.512. The largest absolute Gasteiger partial charge is 0.493 e. The van der Waals surface area contributed by atoms with Crippen molar-refractivity contribution in [3.63, 3.8) is 0 Å². The summed E-state index contributed by atoms with van der Waals surface area (Å²) >= 11 is 0. The average Bonchev–Trinajstić information content (AvgIpc) is 2.74. The molecule has 0 aliphatic heterocycles. The van der Waals surface area contributed by atoms with Crippen molar-refractivity contribution in [2.24, 2.45) is 5.10 Å². The summed E-state index contributed by atoms with van der Waals surface area (Å²) in [5.41, 5.74) is 4.03. The smallest absolute Gasteiger partial charge is 0.271 e. The van der Waals surface area contributed by atoms with Crippen LogP contribution in [0.25, 0.3) is 11.0 Å². The summed E-state index contributed by atoms with van der Waals surface area (Å²) in [6.45, 7) is 1.89. The second kappa shape index (κ2) is 8.47. The van der Waals surface area contributed by atoms with Crippen LogP contribution in [-0.4, -0.2) is 33.5 Å². The Bertz CT molecular complexity index is 1120. The van der Waals surface area contributed by atoms with E-state index in [0.29, 0.717) is 28.2 Å². The number of aryl methyl sites for hydroxylation is 1. The first-order chi connectivity index (χ1) is 14.0. The van der Waals surface area contributed by atoms with Crippen LogP contribution in [-0.2, 0) is 0 Å². The number of benzene rings is 2. The normalized spacial score (nSPS) is 10.9. The summed E-state index contributed by atoms with van der Waals surface area (Å²) < 4.78 is 21.2. The minimum Gasteiger partial charge on any atom is -0.493 e. The van der Waals surface area contributed by atoms with E-state index in [1.807, 2.05) is 13.0 Å². The molecule has 1 N–H and O–H groups in total. The van der Waals surface area contributed by atoms with Gasteiger partial charge in [0.2, 0.25) is 11.2 Å². The first-order valence-electron chi connectivity index (χ1n) is 8.64. The Balaban J connectivity index is 1.84. The number of carbonyl (C=O) groups is 1. The highest BCUT2D eigenvalue weighted by molar-refractivity contribution is 5.96. The van der Waals surface area contributed by atoms with Crippen molar-refractivity contribution in [2.45, 2.75) is 6.92 Å². The summed E-state index contributed by atoms with van der Waals surface area (Å²) in [5.74, 6) is 0.540. The van der Waals surface area contributed by atoms with Gasteiger partial charge in [0.25, 0.3) is 5.91 Å². The van der Waals surface area contributed by atoms with Crippen molar-refractivity contribution in [3.8, 4) is 17.2 Å². The SMILES string of the molecule is COc1cc(C(=O)NN=Cc2coc3ccc(C)cc3c2=O)cc(OC)c1OC. The Morgan fingerprint density at radius 2 is 1.76 bits per heavy atom. The third-order valence-corrected chi connectivity index (χ3v) is 4.25. The zero-order valence-corrected chi connectivity index (χ0v) is 16.4. The molecule has 1 heterocycles. The van der Waals surface area contributed by atoms with E-state index in [4.69, 9.17) is 18.6 Å². The molecule has 3 aromatic rings. The Hall–Kier alpha value is -3.81. The van der Waals surface area contributed by atoms with Gasteiger partial charge in [-0.2, -0.15) is 5.10 Å². The third kappa shape index (κ3) is 4.06. The monoisotopic (exact) mass is 396 g/mol. The van der Waals surface area contributed by atoms with E-state index in [1.165, 1.54) is 45.9 Å². The molecule has 150 valence electrons. The summed E-state index contributed by atoms with van der Waals surface area (Å²) in [5, 5.41) is 4.31. The summed E-state index contributed by atoms with van der Waals surface area (Å²) in [4.78, 5) is 25.0. The number of methoxy groups -OCH3 is 3. The Morgan fingerprint density at radius 3 is 2.38 bits per heavy atom. The van der Waals surface area contributed by atoms with Gasteiger partial charge in [0.05, 0.1) is 38.5 Å². The van der Waals surface area contributed by atoms with Crippen LogP contribution in [0, 0.1) is 6.92 Å². The standard InChI is InChI=1S/C21H20N2O6/c1-12-5-6-16-15(7-12)19(24)14(11-29-16)10-22-23-21(25)13-8-17(26-2)20(28-4)18(9-13)27-3/h5-11H,1-4H3,(H,23,25). The van der Waals surface area contributed by atoms with Gasteiger partial charge >= 0.3 is 0 Å². The summed E-state index contributed by atoms with van der Waals surface area (Å²) in [6.07, 6.45) is 2.54. The highest BCUT2D eigenvalue weighted by Crippen LogP contribution is 2.38. The number of hydrogen-bond acceptors (Lipinski definition) is 7. The van der Waals surface area contributed by atoms with Crippen LogP contribution in [0.15, 0.2) is 50.9 Å². The maximum Gasteiger partial charge on any atom is 0.271 e. The first-order valence-corrected chi connectivity index (χ1v) is 8.64. The quantitative estimate of drug-likeness (QED) is 0.508. The van der Waals surface area contributed by atoms with Crippen molar-refractivity contribution in [1.82, 2.24) is 5.43 Å². The van der Waals surface area contributed by atoms with Crippen molar-refractivity contribution in [1.29, 1.82) is 0 Å². The molecule has 3 rings (SSSR count). The molecule has 2 aromatic carbocycles. The van der Waals surface area contributed by atoms with Crippen LogP contribution in [0.4, 0.5) is 0 Å². The number of carbonyl (C=O) groups excluding carboxylic acids is 1. The number of hydrogen-bond donors (Lipinski definition) is 1. The lowest BCUT2D eigenvalue weighted by Crippen LogP contribution is -2.19. The van der Waals surface area contributed by atoms with Crippen LogP contribution in [0.3, 0.4) is 0 Å². The van der Waals surface area contributed by atoms with E-state index in [9.17, 15) is 9.59 Å². The average molecular weight is 396 g/mol. The van der Waals surface area contributed by atoms with Gasteiger partial charge < -0.3 is 18.6 Å². The van der Waals surface area contributed by atoms with E-state index in [2.05, 4.69) is 10.5 Å². The van der Waals surface area contributed by atoms with Crippen LogP contribution >= 0.6 is 0 Å². The van der Waals surface area contributed by atoms with Gasteiger partial charge in [-0.05, 0) is 31.2 Å². The van der Waals surface area contributed by atoms with Gasteiger partial charge in [-0.3, -0.25) is 9.59 Å². The molecule has 0 aliphatic rings. The molecule has 0 radical (unpaired) electrons. The van der Waals surface area contributed by atoms with E-state index in [-0.39, 0.29) is 16.6 Å². The van der Waals surface area contributed by atoms with E-state index in [1.54, 1.807) is 12.1 Å². The molecule has 0 saturated heterocycles. The first kappa shape index (κ1) is 19.9. The molecule has 0 bridgehead atoms. The van der Waals surface area contributed by atoms with Crippen molar-refractivity contribution in [3.05, 3.63) is 63.5 Å². The molecule has 0 fully saturated rings. The maximum absolute atomic E-state index is 12.6. The second-order valence-corrected chi connectivity index (χ2v) is 6.13. The topological polar surface area (TPSA) is 99.4 Å². The second-order valence-electron chi connectivity index (χ2n) is 6.13. The van der Waals surface area contributed by atoms with Gasteiger partial charge in [-0.15, -0.1) is 0 Å². The fraction of sp³-hybridized carbons (Fsp3) is 0.190. The molecule has 8 nitrogen and oxygen atoms in total. The van der Waals surface area contributed by atoms with E-state index >= 15 is 0 Å². The lowest BCUT2D eigenvalue weighted by atomic mass is 10.1. The maximum atomic E-state index is 12.6. The Morgan fingerprint density at radius 1 is 1.07 bits per heavy atom. The molecule has 1 amide bonds. The molecule has 0 aliphatic carbocycles. The summed E-state index contributed by atoms with van der Waals surface area (Å²) in [6, 6.07) is 8.33. The van der Waals surface area contributed by atoms with Gasteiger partial charge in [-0.25, -0.2) is 5.43 Å². The zero-order chi connectivity index (χ0) is 21.0. The van der Waals surface area contributed by atoms with Crippen molar-refractivity contribution >= 4 is 23.1 Å². The minimum absolute atomic E-state index is 0.216. The number of amides is 1. The highest BCUT2D eigenvalue weighted by Gasteiger charge is 2.16. The zero-order valence-electron chi connectivity index (χ0n) is 16.4. The van der Waals surface area contributed by atoms with E-state index in [0.717, 1.165) is 5.56 Å². The van der Waals surface area contributed by atoms with Gasteiger partial charge in [-0.1, -0.05) is 11.6 Å². The molecular formula is C21H20N2O6. The lowest BCUT2D eigenvalue weighted by Gasteiger charge is -2.13. The highest BCUT2D eigenvalue weighted by atomic mass is 16.5. The van der Waals surface area contributed by atoms with Gasteiger partial charge in [0.1, 0.15) is 11.8 Å². The summed E-state index contributed by atoms with van der Waals surface area (Å²) in [7, 11) is 4.39. The lowest BCUT2D eigenvalue weighted by molar-refractivity contribution is 0.0954. The van der Waals surface area contributed by atoms with Crippen LogP contribution in [0.1, 0.15) is 21.5 Å². The number of hydrazone groups is 1. The number of nitrogens with one attached hydrogen (secondary N) is 1. The fourth-order valence-corrected chi connectivity index (χ4v) is 2.79. The van der Waals surface area contributed by atoms with Crippen LogP contribution in [0.2, 0.25) is 0 Å². The third-order valence-electron chi connectivity index (χ3n) is 4.25. The molecule has 0 spiro atoms. The molecule has 0 atom stereocenters. The van der Waals surface area contributed by atoms with E-state index < -0.39 is 5.91 Å². The predicted octanol–water partition coefficient (Wildman–Crippen LogP) is 2.89. The number of ether oxygens (including phenoxy) is 3. The Labute approximate surface area is 166 Å². The van der Waals surface area contributed by atoms with Crippen molar-refractivity contribution < 1.29 is 23.4 Å². The van der Waals surface area contributed by atoms with Crippen molar-refractivity contribution in [2.75, 3.05) is 21.3 Å². The number of rotatable bonds is 6. The van der Waals surface area contributed by atoms with Crippen LogP contribution < -0.4 is 25.1 Å². The number of fused-ring (bicyclic) bond motifs is 1. The molecule has 0 saturated carbocycles. The number of nitrogens with zero attached hydrogens (tertiary/aromatic N) is 1. The Kier molecular flexibility index (Phi) is 5.82. The molecule has 29 heavy (non-hydrogen) atoms. The fourth-order valence-electron chi connectivity index (χ4n) is 2.79. The molecule has 8 heteroatoms. The molecule has 0 unspecified atom stereocenters. The van der Waals surface area contributed by atoms with Crippen LogP contribution in [0.5, 0.6) is 17.2 Å². The van der Waals surface area contributed by atoms with Gasteiger partial charge in [0.15, 0.2) is 11.5 Å². The molecular weight excluding hydrogens is 376 g/mol.